The molecule has 0 spiro atoms. The van der Waals surface area contributed by atoms with Crippen molar-refractivity contribution in [3.05, 3.63) is 215 Å². The molecule has 0 amide bonds. The van der Waals surface area contributed by atoms with Gasteiger partial charge in [0, 0.05) is 10.7 Å². The van der Waals surface area contributed by atoms with E-state index in [0.29, 0.717) is 5.33 Å². The fourth-order valence-electron chi connectivity index (χ4n) is 6.96. The Balaban J connectivity index is 0.00000221. The summed E-state index contributed by atoms with van der Waals surface area (Å²) < 4.78 is -0.718. The van der Waals surface area contributed by atoms with Crippen LogP contribution in [0.5, 0.6) is 0 Å². The molecule has 0 nitrogen and oxygen atoms in total. The Morgan fingerprint density at radius 3 is 0.818 bits per heavy atom. The molecule has 44 heavy (non-hydrogen) atoms. The smallest absolute Gasteiger partial charge is 0.0903 e. The molecule has 0 saturated carbocycles. The van der Waals surface area contributed by atoms with Crippen molar-refractivity contribution < 1.29 is 0 Å². The molecule has 6 aromatic carbocycles. The van der Waals surface area contributed by atoms with Gasteiger partial charge in [0.2, 0.25) is 0 Å². The first-order valence-corrected chi connectivity index (χ1v) is 16.2. The maximum atomic E-state index is 4.65. The summed E-state index contributed by atoms with van der Waals surface area (Å²) in [6.45, 7) is 0. The zero-order valence-corrected chi connectivity index (χ0v) is 30.7. The van der Waals surface area contributed by atoms with Crippen molar-refractivity contribution in [3.8, 4) is 0 Å². The SMILES string of the molecule is BrCC(c1ccccc1)(c1ccccc1)C(c1ccccc1)(c1ccccc1)C(Br)(c1ccccc1)c1ccccc1.P.P. The molecule has 0 aliphatic carbocycles. The molecule has 0 heterocycles. The third-order valence-electron chi connectivity index (χ3n) is 8.65. The van der Waals surface area contributed by atoms with Crippen molar-refractivity contribution in [3.63, 3.8) is 0 Å². The molecule has 222 valence electrons. The molecule has 0 bridgehead atoms. The minimum Gasteiger partial charge on any atom is -0.153 e. The molecule has 0 aliphatic rings. The van der Waals surface area contributed by atoms with Crippen molar-refractivity contribution in [1.29, 1.82) is 0 Å². The third-order valence-corrected chi connectivity index (χ3v) is 11.0. The number of benzene rings is 6. The van der Waals surface area contributed by atoms with Crippen LogP contribution < -0.4 is 0 Å². The van der Waals surface area contributed by atoms with Gasteiger partial charge in [0.25, 0.3) is 0 Å². The third kappa shape index (κ3) is 5.46. The van der Waals surface area contributed by atoms with E-state index in [1.165, 1.54) is 33.4 Å². The topological polar surface area (TPSA) is 0 Å². The molecule has 0 N–H and O–H groups in total. The molecule has 0 aromatic heterocycles. The zero-order chi connectivity index (χ0) is 28.9. The predicted molar refractivity (Wildman–Crippen MR) is 206 cm³/mol. The van der Waals surface area contributed by atoms with Crippen molar-refractivity contribution in [2.75, 3.05) is 5.33 Å². The first kappa shape index (κ1) is 34.0. The summed E-state index contributed by atoms with van der Waals surface area (Å²) in [5.74, 6) is 0. The van der Waals surface area contributed by atoms with E-state index in [2.05, 4.69) is 214 Å². The highest BCUT2D eigenvalue weighted by atomic mass is 79.9. The minimum atomic E-state index is -0.718. The van der Waals surface area contributed by atoms with Crippen LogP contribution in [0.2, 0.25) is 0 Å². The minimum absolute atomic E-state index is 0. The van der Waals surface area contributed by atoms with Gasteiger partial charge in [-0.2, -0.15) is 19.8 Å². The van der Waals surface area contributed by atoms with Crippen LogP contribution in [0.1, 0.15) is 33.4 Å². The summed E-state index contributed by atoms with van der Waals surface area (Å²) in [5, 5.41) is 0.671. The molecule has 0 aliphatic heterocycles. The van der Waals surface area contributed by atoms with Crippen LogP contribution >= 0.6 is 51.7 Å². The zero-order valence-electron chi connectivity index (χ0n) is 24.7. The second-order valence-corrected chi connectivity index (χ2v) is 12.4. The van der Waals surface area contributed by atoms with Gasteiger partial charge in [-0.1, -0.05) is 214 Å². The normalized spacial score (nSPS) is 11.6. The molecule has 2 atom stereocenters. The van der Waals surface area contributed by atoms with Gasteiger partial charge in [0.1, 0.15) is 0 Å². The lowest BCUT2D eigenvalue weighted by molar-refractivity contribution is 0.285. The van der Waals surface area contributed by atoms with E-state index in [1.807, 2.05) is 0 Å². The van der Waals surface area contributed by atoms with E-state index in [-0.39, 0.29) is 19.8 Å². The van der Waals surface area contributed by atoms with Crippen LogP contribution in [0.15, 0.2) is 182 Å². The first-order valence-electron chi connectivity index (χ1n) is 14.3. The van der Waals surface area contributed by atoms with Gasteiger partial charge in [-0.15, -0.1) is 0 Å². The van der Waals surface area contributed by atoms with E-state index < -0.39 is 15.2 Å². The Kier molecular flexibility index (Phi) is 11.6. The quantitative estimate of drug-likeness (QED) is 0.102. The molecule has 0 radical (unpaired) electrons. The summed E-state index contributed by atoms with van der Waals surface area (Å²) in [6.07, 6.45) is 0. The molecule has 6 aromatic rings. The average Bonchev–Trinajstić information content (AvgIpc) is 3.09. The van der Waals surface area contributed by atoms with E-state index >= 15 is 0 Å². The number of halogens is 2. The van der Waals surface area contributed by atoms with Gasteiger partial charge in [0.15, 0.2) is 0 Å². The summed E-state index contributed by atoms with van der Waals surface area (Å²) >= 11 is 8.84. The van der Waals surface area contributed by atoms with Crippen molar-refractivity contribution in [2.24, 2.45) is 0 Å². The van der Waals surface area contributed by atoms with Crippen LogP contribution in [0, 0.1) is 0 Å². The second kappa shape index (κ2) is 14.9. The molecular weight excluding hydrogens is 702 g/mol. The number of rotatable bonds is 9. The maximum Gasteiger partial charge on any atom is 0.0903 e. The summed E-state index contributed by atoms with van der Waals surface area (Å²) in [7, 11) is 0. The highest BCUT2D eigenvalue weighted by Gasteiger charge is 2.66. The van der Waals surface area contributed by atoms with Gasteiger partial charge in [-0.3, -0.25) is 0 Å². The van der Waals surface area contributed by atoms with Gasteiger partial charge in [-0.25, -0.2) is 0 Å². The molecule has 6 rings (SSSR count). The van der Waals surface area contributed by atoms with Crippen molar-refractivity contribution in [1.82, 2.24) is 0 Å². The van der Waals surface area contributed by atoms with Crippen molar-refractivity contribution >= 4 is 51.7 Å². The van der Waals surface area contributed by atoms with Crippen LogP contribution in [0.25, 0.3) is 0 Å². The lowest BCUT2D eigenvalue weighted by Gasteiger charge is -2.60. The van der Waals surface area contributed by atoms with Gasteiger partial charge in [-0.05, 0) is 33.4 Å². The monoisotopic (exact) mass is 738 g/mol. The summed E-state index contributed by atoms with van der Waals surface area (Å²) in [4.78, 5) is 0. The van der Waals surface area contributed by atoms with Crippen LogP contribution in [-0.2, 0) is 15.2 Å². The van der Waals surface area contributed by atoms with Crippen molar-refractivity contribution in [2.45, 2.75) is 15.2 Å². The van der Waals surface area contributed by atoms with Crippen LogP contribution in [-0.4, -0.2) is 5.33 Å². The van der Waals surface area contributed by atoms with Gasteiger partial charge in [0.05, 0.1) is 9.74 Å². The number of alkyl halides is 2. The Hall–Kier alpha value is -2.86. The molecular formula is C40H38Br2P2. The molecule has 0 fully saturated rings. The Bertz CT molecular complexity index is 1580. The summed E-state index contributed by atoms with van der Waals surface area (Å²) in [5.41, 5.74) is 5.96. The van der Waals surface area contributed by atoms with E-state index in [0.717, 1.165) is 0 Å². The largest absolute Gasteiger partial charge is 0.153 e. The van der Waals surface area contributed by atoms with Crippen LogP contribution in [0.4, 0.5) is 0 Å². The van der Waals surface area contributed by atoms with E-state index in [9.17, 15) is 0 Å². The standard InChI is InChI=1S/C40H32Br2.2H3P/c41-31-38(32-19-7-1-8-20-32,33-21-9-2-10-22-33)39(34-23-11-3-12-24-34,35-25-13-4-14-26-35)40(42,36-27-15-5-16-28-36)37-29-17-6-18-30-37;;/h1-30H,31H2;2*1H3. The first-order chi connectivity index (χ1) is 20.7. The summed E-state index contributed by atoms with van der Waals surface area (Å²) in [6, 6.07) is 66.0. The number of hydrogen-bond acceptors (Lipinski definition) is 0. The molecule has 2 unspecified atom stereocenters. The second-order valence-electron chi connectivity index (χ2n) is 10.6. The van der Waals surface area contributed by atoms with Crippen LogP contribution in [0.3, 0.4) is 0 Å². The lowest BCUT2D eigenvalue weighted by atomic mass is 9.46. The highest BCUT2D eigenvalue weighted by Crippen LogP contribution is 2.66. The molecule has 0 saturated heterocycles. The highest BCUT2D eigenvalue weighted by molar-refractivity contribution is 9.10. The Labute approximate surface area is 285 Å². The van der Waals surface area contributed by atoms with Gasteiger partial charge < -0.3 is 0 Å². The van der Waals surface area contributed by atoms with E-state index in [4.69, 9.17) is 0 Å². The fraction of sp³-hybridized carbons (Fsp3) is 0.100. The predicted octanol–water partition coefficient (Wildman–Crippen LogP) is 10.8. The Morgan fingerprint density at radius 2 is 0.568 bits per heavy atom. The number of hydrogen-bond donors (Lipinski definition) is 0. The van der Waals surface area contributed by atoms with Gasteiger partial charge >= 0.3 is 0 Å². The Morgan fingerprint density at radius 1 is 0.341 bits per heavy atom. The fourth-order valence-corrected chi connectivity index (χ4v) is 9.36. The van der Waals surface area contributed by atoms with E-state index in [1.54, 1.807) is 0 Å². The lowest BCUT2D eigenvalue weighted by Crippen LogP contribution is -2.62. The average molecular weight is 741 g/mol. The maximum absolute atomic E-state index is 4.65. The molecule has 4 heteroatoms.